The lowest BCUT2D eigenvalue weighted by atomic mass is 10.0. The van der Waals surface area contributed by atoms with Gasteiger partial charge in [0.2, 0.25) is 5.91 Å². The first-order chi connectivity index (χ1) is 11.1. The highest BCUT2D eigenvalue weighted by Crippen LogP contribution is 2.21. The van der Waals surface area contributed by atoms with Gasteiger partial charge in [0.15, 0.2) is 0 Å². The van der Waals surface area contributed by atoms with Gasteiger partial charge in [0.1, 0.15) is 11.6 Å². The fourth-order valence-corrected chi connectivity index (χ4v) is 3.23. The Labute approximate surface area is 137 Å². The average Bonchev–Trinajstić information content (AvgIpc) is 2.55. The van der Waals surface area contributed by atoms with Gasteiger partial charge in [-0.25, -0.2) is 4.98 Å². The van der Waals surface area contributed by atoms with Crippen LogP contribution >= 0.6 is 0 Å². The van der Waals surface area contributed by atoms with E-state index in [0.29, 0.717) is 6.04 Å². The summed E-state index contributed by atoms with van der Waals surface area (Å²) in [4.78, 5) is 20.4. The number of morpholine rings is 1. The van der Waals surface area contributed by atoms with Crippen molar-refractivity contribution in [1.82, 2.24) is 9.88 Å². The first kappa shape index (κ1) is 16.1. The normalized spacial score (nSPS) is 19.7. The summed E-state index contributed by atoms with van der Waals surface area (Å²) in [6.07, 6.45) is 1.95. The van der Waals surface area contributed by atoms with Crippen LogP contribution in [0.15, 0.2) is 12.1 Å². The van der Waals surface area contributed by atoms with Gasteiger partial charge in [-0.05, 0) is 37.5 Å². The van der Waals surface area contributed by atoms with Crippen LogP contribution in [-0.2, 0) is 9.53 Å². The molecular weight excluding hydrogens is 292 g/mol. The topological polar surface area (TPSA) is 57.7 Å². The average molecular weight is 318 g/mol. The van der Waals surface area contributed by atoms with Crippen LogP contribution in [0, 0.1) is 6.92 Å². The Bertz CT molecular complexity index is 550. The van der Waals surface area contributed by atoms with Crippen molar-refractivity contribution in [2.45, 2.75) is 32.7 Å². The molecule has 2 aliphatic rings. The third-order valence-electron chi connectivity index (χ3n) is 4.58. The summed E-state index contributed by atoms with van der Waals surface area (Å²) < 4.78 is 5.42. The van der Waals surface area contributed by atoms with Crippen molar-refractivity contribution in [2.75, 3.05) is 49.6 Å². The molecule has 1 N–H and O–H groups in total. The molecule has 3 heterocycles. The number of anilines is 2. The smallest absolute Gasteiger partial charge is 0.219 e. The number of rotatable bonds is 3. The predicted molar refractivity (Wildman–Crippen MR) is 90.9 cm³/mol. The highest BCUT2D eigenvalue weighted by atomic mass is 16.5. The minimum absolute atomic E-state index is 0.173. The summed E-state index contributed by atoms with van der Waals surface area (Å²) in [5.41, 5.74) is 1.21. The Hall–Kier alpha value is -1.82. The number of hydrogen-bond donors (Lipinski definition) is 1. The van der Waals surface area contributed by atoms with Crippen LogP contribution in [0.25, 0.3) is 0 Å². The fraction of sp³-hybridized carbons (Fsp3) is 0.647. The van der Waals surface area contributed by atoms with Gasteiger partial charge in [-0.1, -0.05) is 0 Å². The molecule has 0 aliphatic carbocycles. The maximum atomic E-state index is 11.4. The van der Waals surface area contributed by atoms with E-state index in [0.717, 1.165) is 63.9 Å². The lowest BCUT2D eigenvalue weighted by molar-refractivity contribution is -0.129. The van der Waals surface area contributed by atoms with E-state index in [-0.39, 0.29) is 5.91 Å². The van der Waals surface area contributed by atoms with E-state index in [1.54, 1.807) is 6.92 Å². The number of nitrogens with zero attached hydrogens (tertiary/aromatic N) is 3. The van der Waals surface area contributed by atoms with Gasteiger partial charge in [-0.3, -0.25) is 4.79 Å². The quantitative estimate of drug-likeness (QED) is 0.918. The molecule has 2 saturated heterocycles. The molecule has 1 aromatic rings. The third kappa shape index (κ3) is 4.13. The number of carbonyl (C=O) groups excluding carboxylic acids is 1. The minimum atomic E-state index is 0.173. The molecular formula is C17H26N4O2. The molecule has 3 rings (SSSR count). The Morgan fingerprint density at radius 3 is 2.57 bits per heavy atom. The van der Waals surface area contributed by atoms with Crippen molar-refractivity contribution >= 4 is 17.5 Å². The zero-order valence-electron chi connectivity index (χ0n) is 14.0. The van der Waals surface area contributed by atoms with Gasteiger partial charge in [0.05, 0.1) is 13.2 Å². The number of piperidine rings is 1. The van der Waals surface area contributed by atoms with E-state index < -0.39 is 0 Å². The number of nitrogens with one attached hydrogen (secondary N) is 1. The van der Waals surface area contributed by atoms with E-state index in [1.165, 1.54) is 5.56 Å². The Morgan fingerprint density at radius 1 is 1.22 bits per heavy atom. The molecule has 0 unspecified atom stereocenters. The molecule has 0 radical (unpaired) electrons. The van der Waals surface area contributed by atoms with Crippen LogP contribution in [0.4, 0.5) is 11.6 Å². The summed E-state index contributed by atoms with van der Waals surface area (Å²) >= 11 is 0. The van der Waals surface area contributed by atoms with Crippen molar-refractivity contribution in [2.24, 2.45) is 0 Å². The molecule has 0 spiro atoms. The van der Waals surface area contributed by atoms with Gasteiger partial charge >= 0.3 is 0 Å². The second-order valence-electron chi connectivity index (χ2n) is 6.41. The van der Waals surface area contributed by atoms with E-state index in [4.69, 9.17) is 9.72 Å². The number of amides is 1. The molecule has 0 atom stereocenters. The van der Waals surface area contributed by atoms with Crippen LogP contribution in [0.1, 0.15) is 25.3 Å². The summed E-state index contributed by atoms with van der Waals surface area (Å²) in [6, 6.07) is 4.62. The Balaban J connectivity index is 1.64. The summed E-state index contributed by atoms with van der Waals surface area (Å²) in [6.45, 7) is 8.73. The minimum Gasteiger partial charge on any atom is -0.378 e. The molecule has 6 nitrogen and oxygen atoms in total. The largest absolute Gasteiger partial charge is 0.378 e. The number of ether oxygens (including phenoxy) is 1. The van der Waals surface area contributed by atoms with Gasteiger partial charge in [0.25, 0.3) is 0 Å². The Kier molecular flexibility index (Phi) is 5.00. The van der Waals surface area contributed by atoms with E-state index in [9.17, 15) is 4.79 Å². The standard InChI is InChI=1S/C17H26N4O2/c1-13-11-16(18-15-3-5-20(6-4-15)14(2)22)19-17(12-13)21-7-9-23-10-8-21/h11-12,15H,3-10H2,1-2H3,(H,18,19). The first-order valence-corrected chi connectivity index (χ1v) is 8.45. The molecule has 6 heteroatoms. The first-order valence-electron chi connectivity index (χ1n) is 8.45. The summed E-state index contributed by atoms with van der Waals surface area (Å²) in [5.74, 6) is 2.14. The second kappa shape index (κ2) is 7.17. The number of carbonyl (C=O) groups is 1. The lowest BCUT2D eigenvalue weighted by Crippen LogP contribution is -2.41. The molecule has 0 saturated carbocycles. The third-order valence-corrected chi connectivity index (χ3v) is 4.58. The van der Waals surface area contributed by atoms with Crippen molar-refractivity contribution in [3.8, 4) is 0 Å². The molecule has 0 aromatic carbocycles. The molecule has 23 heavy (non-hydrogen) atoms. The van der Waals surface area contributed by atoms with Crippen molar-refractivity contribution < 1.29 is 9.53 Å². The molecule has 2 fully saturated rings. The molecule has 1 amide bonds. The monoisotopic (exact) mass is 318 g/mol. The maximum absolute atomic E-state index is 11.4. The summed E-state index contributed by atoms with van der Waals surface area (Å²) in [5, 5.41) is 3.55. The van der Waals surface area contributed by atoms with Crippen molar-refractivity contribution in [3.63, 3.8) is 0 Å². The van der Waals surface area contributed by atoms with Crippen LogP contribution in [0.2, 0.25) is 0 Å². The van der Waals surface area contributed by atoms with Crippen LogP contribution in [0.3, 0.4) is 0 Å². The highest BCUT2D eigenvalue weighted by Gasteiger charge is 2.21. The van der Waals surface area contributed by atoms with Gasteiger partial charge < -0.3 is 19.9 Å². The Morgan fingerprint density at radius 2 is 1.91 bits per heavy atom. The van der Waals surface area contributed by atoms with Crippen molar-refractivity contribution in [3.05, 3.63) is 17.7 Å². The molecule has 0 bridgehead atoms. The maximum Gasteiger partial charge on any atom is 0.219 e. The van der Waals surface area contributed by atoms with Crippen molar-refractivity contribution in [1.29, 1.82) is 0 Å². The fourth-order valence-electron chi connectivity index (χ4n) is 3.23. The number of hydrogen-bond acceptors (Lipinski definition) is 5. The van der Waals surface area contributed by atoms with Gasteiger partial charge in [0, 0.05) is 39.1 Å². The molecule has 126 valence electrons. The second-order valence-corrected chi connectivity index (χ2v) is 6.41. The number of likely N-dealkylation sites (tertiary alicyclic amines) is 1. The number of aromatic nitrogens is 1. The van der Waals surface area contributed by atoms with Crippen LogP contribution < -0.4 is 10.2 Å². The van der Waals surface area contributed by atoms with Gasteiger partial charge in [-0.2, -0.15) is 0 Å². The molecule has 2 aliphatic heterocycles. The SMILES string of the molecule is CC(=O)N1CCC(Nc2cc(C)cc(N3CCOCC3)n2)CC1. The van der Waals surface area contributed by atoms with E-state index in [1.807, 2.05) is 4.90 Å². The van der Waals surface area contributed by atoms with Gasteiger partial charge in [-0.15, -0.1) is 0 Å². The van der Waals surface area contributed by atoms with E-state index in [2.05, 4.69) is 29.3 Å². The van der Waals surface area contributed by atoms with E-state index >= 15 is 0 Å². The molecule has 1 aromatic heterocycles. The zero-order valence-corrected chi connectivity index (χ0v) is 14.0. The number of pyridine rings is 1. The number of aryl methyl sites for hydroxylation is 1. The van der Waals surface area contributed by atoms with Crippen LogP contribution in [-0.4, -0.2) is 61.2 Å². The lowest BCUT2D eigenvalue weighted by Gasteiger charge is -2.32. The summed E-state index contributed by atoms with van der Waals surface area (Å²) in [7, 11) is 0. The van der Waals surface area contributed by atoms with Crippen LogP contribution in [0.5, 0.6) is 0 Å². The predicted octanol–water partition coefficient (Wildman–Crippen LogP) is 1.65. The zero-order chi connectivity index (χ0) is 16.2. The highest BCUT2D eigenvalue weighted by molar-refractivity contribution is 5.73.